The first-order valence-electron chi connectivity index (χ1n) is 5.95. The molecule has 0 aliphatic rings. The topological polar surface area (TPSA) is 55.6 Å². The molecule has 0 spiro atoms. The molecule has 0 saturated heterocycles. The van der Waals surface area contributed by atoms with Crippen molar-refractivity contribution in [1.29, 1.82) is 0 Å². The molecule has 0 amide bonds. The van der Waals surface area contributed by atoms with Gasteiger partial charge in [0.25, 0.3) is 0 Å². The Morgan fingerprint density at radius 1 is 1.32 bits per heavy atom. The first kappa shape index (κ1) is 12.4. The van der Waals surface area contributed by atoms with Crippen molar-refractivity contribution < 1.29 is 0 Å². The summed E-state index contributed by atoms with van der Waals surface area (Å²) in [7, 11) is 0. The van der Waals surface area contributed by atoms with Crippen molar-refractivity contribution in [3.8, 4) is 0 Å². The highest BCUT2D eigenvalue weighted by molar-refractivity contribution is 7.00. The zero-order chi connectivity index (χ0) is 13.1. The predicted molar refractivity (Wildman–Crippen MR) is 77.8 cm³/mol. The average molecular weight is 294 g/mol. The summed E-state index contributed by atoms with van der Waals surface area (Å²) < 4.78 is 10.5. The quantitative estimate of drug-likeness (QED) is 0.735. The van der Waals surface area contributed by atoms with Gasteiger partial charge in [-0.3, -0.25) is 0 Å². The molecule has 5 nitrogen and oxygen atoms in total. The number of nitrogens with one attached hydrogen (secondary N) is 1. The van der Waals surface area contributed by atoms with E-state index in [0.717, 1.165) is 36.2 Å². The van der Waals surface area contributed by atoms with Gasteiger partial charge in [0.05, 0.1) is 28.8 Å². The lowest BCUT2D eigenvalue weighted by molar-refractivity contribution is 0.661. The number of hydrogen-bond donors (Lipinski definition) is 1. The molecule has 0 radical (unpaired) electrons. The predicted octanol–water partition coefficient (Wildman–Crippen LogP) is 3.04. The lowest BCUT2D eigenvalue weighted by Gasteiger charge is -2.08. The molecule has 1 N–H and O–H groups in total. The molecule has 0 saturated carbocycles. The van der Waals surface area contributed by atoms with Crippen molar-refractivity contribution in [1.82, 2.24) is 18.3 Å². The highest BCUT2D eigenvalue weighted by Gasteiger charge is 2.08. The molecule has 0 aliphatic carbocycles. The second-order valence-corrected chi connectivity index (χ2v) is 5.07. The summed E-state index contributed by atoms with van der Waals surface area (Å²) in [5.41, 5.74) is 2.60. The first-order valence-corrected chi connectivity index (χ1v) is 7.06. The van der Waals surface area contributed by atoms with Crippen LogP contribution in [-0.4, -0.2) is 24.8 Å². The number of hydrogen-bond acceptors (Lipinski definition) is 5. The molecule has 0 fully saturated rings. The van der Waals surface area contributed by atoms with Crippen LogP contribution >= 0.6 is 23.3 Å². The maximum atomic E-state index is 6.20. The van der Waals surface area contributed by atoms with Crippen LogP contribution < -0.4 is 5.32 Å². The molecule has 0 bridgehead atoms. The highest BCUT2D eigenvalue weighted by Crippen LogP contribution is 2.29. The molecule has 0 atom stereocenters. The number of anilines is 1. The number of halogens is 1. The number of nitrogens with zero attached hydrogens (tertiary/aromatic N) is 4. The van der Waals surface area contributed by atoms with Gasteiger partial charge in [-0.25, -0.2) is 4.98 Å². The molecular weight excluding hydrogens is 282 g/mol. The number of aryl methyl sites for hydroxylation is 1. The highest BCUT2D eigenvalue weighted by atomic mass is 35.5. The monoisotopic (exact) mass is 293 g/mol. The number of aromatic nitrogens is 4. The van der Waals surface area contributed by atoms with E-state index in [9.17, 15) is 0 Å². The molecule has 1 aromatic carbocycles. The van der Waals surface area contributed by atoms with Crippen molar-refractivity contribution in [2.45, 2.75) is 13.0 Å². The van der Waals surface area contributed by atoms with E-state index >= 15 is 0 Å². The summed E-state index contributed by atoms with van der Waals surface area (Å²) in [4.78, 5) is 4.01. The Morgan fingerprint density at radius 3 is 3.11 bits per heavy atom. The van der Waals surface area contributed by atoms with E-state index in [-0.39, 0.29) is 0 Å². The van der Waals surface area contributed by atoms with Crippen LogP contribution in [0.3, 0.4) is 0 Å². The number of fused-ring (bicyclic) bond motifs is 1. The lowest BCUT2D eigenvalue weighted by Crippen LogP contribution is -2.06. The maximum absolute atomic E-state index is 6.20. The van der Waals surface area contributed by atoms with E-state index in [1.54, 1.807) is 6.20 Å². The van der Waals surface area contributed by atoms with Crippen LogP contribution in [0.1, 0.15) is 6.42 Å². The summed E-state index contributed by atoms with van der Waals surface area (Å²) in [6.45, 7) is 1.75. The third kappa shape index (κ3) is 2.69. The Hall–Kier alpha value is -1.66. The van der Waals surface area contributed by atoms with Crippen molar-refractivity contribution in [3.05, 3.63) is 35.9 Å². The smallest absolute Gasteiger partial charge is 0.129 e. The van der Waals surface area contributed by atoms with Crippen molar-refractivity contribution >= 4 is 40.0 Å². The van der Waals surface area contributed by atoms with E-state index < -0.39 is 0 Å². The van der Waals surface area contributed by atoms with Gasteiger partial charge in [-0.15, -0.1) is 0 Å². The maximum Gasteiger partial charge on any atom is 0.129 e. The molecule has 2 aromatic heterocycles. The van der Waals surface area contributed by atoms with Crippen LogP contribution in [0.5, 0.6) is 0 Å². The summed E-state index contributed by atoms with van der Waals surface area (Å²) in [6, 6.07) is 3.74. The third-order valence-corrected chi connectivity index (χ3v) is 3.69. The Morgan fingerprint density at radius 2 is 2.26 bits per heavy atom. The van der Waals surface area contributed by atoms with E-state index in [1.807, 2.05) is 29.2 Å². The van der Waals surface area contributed by atoms with Crippen molar-refractivity contribution in [3.63, 3.8) is 0 Å². The normalized spacial score (nSPS) is 11.0. The second kappa shape index (κ2) is 5.54. The summed E-state index contributed by atoms with van der Waals surface area (Å²) >= 11 is 7.40. The van der Waals surface area contributed by atoms with Gasteiger partial charge >= 0.3 is 0 Å². The van der Waals surface area contributed by atoms with Crippen molar-refractivity contribution in [2.75, 3.05) is 11.9 Å². The molecule has 0 aliphatic heterocycles. The van der Waals surface area contributed by atoms with Gasteiger partial charge in [-0.1, -0.05) is 11.6 Å². The first-order chi connectivity index (χ1) is 9.34. The van der Waals surface area contributed by atoms with Crippen LogP contribution in [0.4, 0.5) is 5.69 Å². The number of imidazole rings is 1. The second-order valence-electron chi connectivity index (χ2n) is 4.14. The Balaban J connectivity index is 1.65. The average Bonchev–Trinajstić information content (AvgIpc) is 3.07. The minimum atomic E-state index is 0.683. The Kier molecular flexibility index (Phi) is 3.61. The molecule has 98 valence electrons. The largest absolute Gasteiger partial charge is 0.382 e. The number of benzene rings is 1. The number of rotatable bonds is 5. The molecule has 0 unspecified atom stereocenters. The summed E-state index contributed by atoms with van der Waals surface area (Å²) in [6.07, 6.45) is 6.54. The van der Waals surface area contributed by atoms with Gasteiger partial charge in [0, 0.05) is 25.5 Å². The summed E-state index contributed by atoms with van der Waals surface area (Å²) in [5.74, 6) is 0. The van der Waals surface area contributed by atoms with Gasteiger partial charge in [0.1, 0.15) is 11.0 Å². The van der Waals surface area contributed by atoms with Crippen LogP contribution in [-0.2, 0) is 6.54 Å². The van der Waals surface area contributed by atoms with E-state index in [0.29, 0.717) is 5.02 Å². The van der Waals surface area contributed by atoms with Crippen LogP contribution in [0.15, 0.2) is 30.9 Å². The molecule has 2 heterocycles. The molecule has 3 aromatic rings. The zero-order valence-corrected chi connectivity index (χ0v) is 11.7. The van der Waals surface area contributed by atoms with E-state index in [4.69, 9.17) is 11.6 Å². The van der Waals surface area contributed by atoms with Gasteiger partial charge in [-0.05, 0) is 18.6 Å². The fourth-order valence-electron chi connectivity index (χ4n) is 1.89. The third-order valence-electron chi connectivity index (χ3n) is 2.83. The Bertz CT molecular complexity index is 664. The van der Waals surface area contributed by atoms with Gasteiger partial charge < -0.3 is 9.88 Å². The van der Waals surface area contributed by atoms with Gasteiger partial charge in [0.2, 0.25) is 0 Å². The van der Waals surface area contributed by atoms with Gasteiger partial charge in [-0.2, -0.15) is 8.75 Å². The molecular formula is C12H12ClN5S. The zero-order valence-electron chi connectivity index (χ0n) is 10.1. The minimum Gasteiger partial charge on any atom is -0.382 e. The summed E-state index contributed by atoms with van der Waals surface area (Å²) in [5, 5.41) is 4.03. The molecule has 3 rings (SSSR count). The van der Waals surface area contributed by atoms with Crippen LogP contribution in [0.2, 0.25) is 5.02 Å². The van der Waals surface area contributed by atoms with Crippen LogP contribution in [0, 0.1) is 0 Å². The van der Waals surface area contributed by atoms with Crippen LogP contribution in [0.25, 0.3) is 11.0 Å². The molecule has 19 heavy (non-hydrogen) atoms. The van der Waals surface area contributed by atoms with Gasteiger partial charge in [0.15, 0.2) is 0 Å². The SMILES string of the molecule is Clc1ccc2nsnc2c1NCCCn1ccnc1. The minimum absolute atomic E-state index is 0.683. The Labute approximate surface area is 119 Å². The fourth-order valence-corrected chi connectivity index (χ4v) is 2.65. The fraction of sp³-hybridized carbons (Fsp3) is 0.250. The lowest BCUT2D eigenvalue weighted by atomic mass is 10.2. The van der Waals surface area contributed by atoms with Crippen molar-refractivity contribution in [2.24, 2.45) is 0 Å². The molecule has 7 heteroatoms. The van der Waals surface area contributed by atoms with E-state index in [1.165, 1.54) is 11.7 Å². The standard InChI is InChI=1S/C12H12ClN5S/c13-9-2-3-10-12(17-19-16-10)11(9)15-4-1-6-18-7-5-14-8-18/h2-3,5,7-8,15H,1,4,6H2. The van der Waals surface area contributed by atoms with E-state index in [2.05, 4.69) is 19.0 Å².